The molecule has 3 rings (SSSR count). The number of thiophene rings is 1. The molecule has 2 heterocycles. The average Bonchev–Trinajstić information content (AvgIpc) is 3.09. The molecule has 20 heavy (non-hydrogen) atoms. The Hall–Kier alpha value is -1.84. The van der Waals surface area contributed by atoms with Gasteiger partial charge in [-0.15, -0.1) is 11.3 Å². The van der Waals surface area contributed by atoms with Crippen molar-refractivity contribution in [3.63, 3.8) is 0 Å². The number of hydrogen-bond donors (Lipinski definition) is 0. The van der Waals surface area contributed by atoms with Crippen LogP contribution >= 0.6 is 22.9 Å². The van der Waals surface area contributed by atoms with Crippen LogP contribution < -0.4 is 0 Å². The average molecular weight is 301 g/mol. The first-order valence-corrected chi connectivity index (χ1v) is 7.54. The van der Waals surface area contributed by atoms with E-state index in [1.807, 2.05) is 55.0 Å². The molecule has 0 spiro atoms. The number of hydrogen-bond acceptors (Lipinski definition) is 2. The molecular formula is C16H13ClN2S. The number of nitrogens with zero attached hydrogens (tertiary/aromatic N) is 2. The highest BCUT2D eigenvalue weighted by atomic mass is 35.5. The van der Waals surface area contributed by atoms with Gasteiger partial charge in [0.05, 0.1) is 12.2 Å². The van der Waals surface area contributed by atoms with Gasteiger partial charge >= 0.3 is 0 Å². The summed E-state index contributed by atoms with van der Waals surface area (Å²) in [5, 5.41) is 2.83. The summed E-state index contributed by atoms with van der Waals surface area (Å²) in [7, 11) is 0. The number of aromatic nitrogens is 1. The predicted octanol–water partition coefficient (Wildman–Crippen LogP) is 4.81. The first kappa shape index (κ1) is 13.2. The largest absolute Gasteiger partial charge is 0.323 e. The summed E-state index contributed by atoms with van der Waals surface area (Å²) in [6.45, 7) is 0.678. The van der Waals surface area contributed by atoms with Crippen molar-refractivity contribution in [2.24, 2.45) is 4.99 Å². The zero-order valence-electron chi connectivity index (χ0n) is 10.7. The van der Waals surface area contributed by atoms with Gasteiger partial charge in [-0.25, -0.2) is 0 Å². The van der Waals surface area contributed by atoms with Crippen LogP contribution in [-0.4, -0.2) is 10.8 Å². The minimum Gasteiger partial charge on any atom is -0.323 e. The smallest absolute Gasteiger partial charge is 0.0753 e. The fourth-order valence-electron chi connectivity index (χ4n) is 2.00. The predicted molar refractivity (Wildman–Crippen MR) is 86.4 cm³/mol. The quantitative estimate of drug-likeness (QED) is 0.615. The number of rotatable bonds is 4. The number of benzene rings is 1. The van der Waals surface area contributed by atoms with Crippen LogP contribution in [0.5, 0.6) is 0 Å². The van der Waals surface area contributed by atoms with E-state index in [-0.39, 0.29) is 0 Å². The molecular weight excluding hydrogens is 288 g/mol. The maximum Gasteiger partial charge on any atom is 0.0753 e. The van der Waals surface area contributed by atoms with Crippen molar-refractivity contribution in [1.82, 2.24) is 4.57 Å². The van der Waals surface area contributed by atoms with E-state index in [4.69, 9.17) is 11.6 Å². The van der Waals surface area contributed by atoms with Gasteiger partial charge in [-0.1, -0.05) is 23.7 Å². The van der Waals surface area contributed by atoms with E-state index in [1.54, 1.807) is 11.3 Å². The number of aliphatic imine (C=N–C) groups is 1. The van der Waals surface area contributed by atoms with Crippen molar-refractivity contribution < 1.29 is 0 Å². The van der Waals surface area contributed by atoms with Gasteiger partial charge < -0.3 is 4.57 Å². The minimum absolute atomic E-state index is 0.678. The van der Waals surface area contributed by atoms with Crippen molar-refractivity contribution in [2.75, 3.05) is 0 Å². The van der Waals surface area contributed by atoms with Gasteiger partial charge in [0, 0.05) is 28.5 Å². The highest BCUT2D eigenvalue weighted by molar-refractivity contribution is 7.10. The van der Waals surface area contributed by atoms with E-state index >= 15 is 0 Å². The lowest BCUT2D eigenvalue weighted by Crippen LogP contribution is -1.91. The molecule has 0 atom stereocenters. The molecule has 0 saturated heterocycles. The van der Waals surface area contributed by atoms with Crippen LogP contribution in [0.25, 0.3) is 5.69 Å². The molecule has 0 fully saturated rings. The van der Waals surface area contributed by atoms with Gasteiger partial charge in [0.1, 0.15) is 0 Å². The van der Waals surface area contributed by atoms with Crippen molar-refractivity contribution in [1.29, 1.82) is 0 Å². The Balaban J connectivity index is 1.75. The molecule has 2 aromatic heterocycles. The Morgan fingerprint density at radius 1 is 1.15 bits per heavy atom. The molecule has 100 valence electrons. The van der Waals surface area contributed by atoms with Crippen LogP contribution in [0.2, 0.25) is 5.02 Å². The molecule has 0 aliphatic rings. The Bertz CT molecular complexity index is 714. The zero-order valence-corrected chi connectivity index (χ0v) is 12.3. The van der Waals surface area contributed by atoms with Gasteiger partial charge in [0.25, 0.3) is 0 Å². The van der Waals surface area contributed by atoms with Gasteiger partial charge in [-0.2, -0.15) is 0 Å². The van der Waals surface area contributed by atoms with Gasteiger partial charge in [-0.05, 0) is 41.3 Å². The maximum atomic E-state index is 5.95. The van der Waals surface area contributed by atoms with Crippen LogP contribution in [-0.2, 0) is 6.54 Å². The van der Waals surface area contributed by atoms with Gasteiger partial charge in [-0.3, -0.25) is 4.99 Å². The first-order valence-electron chi connectivity index (χ1n) is 6.28. The molecule has 0 aliphatic heterocycles. The number of halogens is 1. The second-order valence-corrected chi connectivity index (χ2v) is 5.78. The summed E-state index contributed by atoms with van der Waals surface area (Å²) in [4.78, 5) is 5.76. The van der Waals surface area contributed by atoms with Gasteiger partial charge in [0.2, 0.25) is 0 Å². The van der Waals surface area contributed by atoms with Crippen LogP contribution in [0.4, 0.5) is 0 Å². The topological polar surface area (TPSA) is 17.3 Å². The molecule has 2 nitrogen and oxygen atoms in total. The molecule has 0 bridgehead atoms. The van der Waals surface area contributed by atoms with Crippen molar-refractivity contribution in [3.05, 3.63) is 75.7 Å². The van der Waals surface area contributed by atoms with E-state index < -0.39 is 0 Å². The summed E-state index contributed by atoms with van der Waals surface area (Å²) in [6, 6.07) is 13.9. The van der Waals surface area contributed by atoms with E-state index in [0.29, 0.717) is 6.54 Å². The third kappa shape index (κ3) is 3.00. The van der Waals surface area contributed by atoms with Crippen LogP contribution in [0, 0.1) is 0 Å². The standard InChI is InChI=1S/C16H13ClN2S/c17-14-5-3-4-13(10-14)11-18-12-16-15(6-9-20-16)19-7-1-2-8-19/h1-11H,12H2. The molecule has 0 aliphatic carbocycles. The summed E-state index contributed by atoms with van der Waals surface area (Å²) in [6.07, 6.45) is 5.96. The summed E-state index contributed by atoms with van der Waals surface area (Å²) in [5.74, 6) is 0. The SMILES string of the molecule is Clc1cccc(C=NCc2sccc2-n2cccc2)c1. The molecule has 3 aromatic rings. The van der Waals surface area contributed by atoms with Crippen molar-refractivity contribution in [2.45, 2.75) is 6.54 Å². The third-order valence-electron chi connectivity index (χ3n) is 2.93. The molecule has 0 N–H and O–H groups in total. The molecule has 0 unspecified atom stereocenters. The van der Waals surface area contributed by atoms with E-state index in [1.165, 1.54) is 10.6 Å². The lowest BCUT2D eigenvalue weighted by molar-refractivity contribution is 1.02. The van der Waals surface area contributed by atoms with E-state index in [2.05, 4.69) is 21.0 Å². The third-order valence-corrected chi connectivity index (χ3v) is 4.06. The molecule has 0 saturated carbocycles. The van der Waals surface area contributed by atoms with Crippen molar-refractivity contribution in [3.8, 4) is 5.69 Å². The summed E-state index contributed by atoms with van der Waals surface area (Å²) < 4.78 is 2.11. The highest BCUT2D eigenvalue weighted by Gasteiger charge is 2.04. The Morgan fingerprint density at radius 3 is 2.80 bits per heavy atom. The van der Waals surface area contributed by atoms with Crippen LogP contribution in [0.1, 0.15) is 10.4 Å². The maximum absolute atomic E-state index is 5.95. The normalized spacial score (nSPS) is 11.2. The van der Waals surface area contributed by atoms with E-state index in [9.17, 15) is 0 Å². The Kier molecular flexibility index (Phi) is 4.00. The zero-order chi connectivity index (χ0) is 13.8. The summed E-state index contributed by atoms with van der Waals surface area (Å²) in [5.41, 5.74) is 2.22. The first-order chi connectivity index (χ1) is 9.83. The minimum atomic E-state index is 0.678. The lowest BCUT2D eigenvalue weighted by atomic mass is 10.2. The monoisotopic (exact) mass is 300 g/mol. The fourth-order valence-corrected chi connectivity index (χ4v) is 3.00. The Morgan fingerprint density at radius 2 is 2.00 bits per heavy atom. The van der Waals surface area contributed by atoms with Crippen LogP contribution in [0.3, 0.4) is 0 Å². The van der Waals surface area contributed by atoms with Gasteiger partial charge in [0.15, 0.2) is 0 Å². The molecule has 1 aromatic carbocycles. The molecule has 0 radical (unpaired) electrons. The molecule has 0 amide bonds. The van der Waals surface area contributed by atoms with E-state index in [0.717, 1.165) is 10.6 Å². The molecule has 4 heteroatoms. The lowest BCUT2D eigenvalue weighted by Gasteiger charge is -2.02. The summed E-state index contributed by atoms with van der Waals surface area (Å²) >= 11 is 7.68. The highest BCUT2D eigenvalue weighted by Crippen LogP contribution is 2.22. The van der Waals surface area contributed by atoms with Crippen molar-refractivity contribution >= 4 is 29.2 Å². The second-order valence-electron chi connectivity index (χ2n) is 4.34. The second kappa shape index (κ2) is 6.07. The Labute approximate surface area is 127 Å². The van der Waals surface area contributed by atoms with Crippen LogP contribution in [0.15, 0.2) is 65.2 Å². The fraction of sp³-hybridized carbons (Fsp3) is 0.0625.